The standard InChI is InChI=1S/C21H36O4/c1-20(2)12-8-16(9-13-20)6-5-7-17-10-14-21(15-11-17,18(22)24-3)19(23)25-4/h16-17H,5-15H2,1-4H3. The normalized spacial score (nSPS) is 23.8. The van der Waals surface area contributed by atoms with Gasteiger partial charge in [0.05, 0.1) is 14.2 Å². The Labute approximate surface area is 153 Å². The van der Waals surface area contributed by atoms with E-state index >= 15 is 0 Å². The van der Waals surface area contributed by atoms with Gasteiger partial charge < -0.3 is 9.47 Å². The number of ether oxygens (including phenoxy) is 2. The Balaban J connectivity index is 1.74. The summed E-state index contributed by atoms with van der Waals surface area (Å²) in [6.45, 7) is 4.78. The van der Waals surface area contributed by atoms with Crippen molar-refractivity contribution >= 4 is 11.9 Å². The molecule has 0 radical (unpaired) electrons. The zero-order valence-electron chi connectivity index (χ0n) is 16.6. The number of carbonyl (C=O) groups excluding carboxylic acids is 2. The second kappa shape index (κ2) is 8.55. The van der Waals surface area contributed by atoms with Crippen LogP contribution in [0.1, 0.15) is 84.5 Å². The zero-order chi connectivity index (χ0) is 18.5. The Bertz CT molecular complexity index is 433. The van der Waals surface area contributed by atoms with Gasteiger partial charge in [0.25, 0.3) is 0 Å². The van der Waals surface area contributed by atoms with E-state index in [9.17, 15) is 9.59 Å². The van der Waals surface area contributed by atoms with Crippen LogP contribution >= 0.6 is 0 Å². The highest BCUT2D eigenvalue weighted by Gasteiger charge is 2.50. The van der Waals surface area contributed by atoms with Crippen LogP contribution in [0.3, 0.4) is 0 Å². The fourth-order valence-electron chi connectivity index (χ4n) is 4.78. The van der Waals surface area contributed by atoms with Gasteiger partial charge in [0.1, 0.15) is 0 Å². The quantitative estimate of drug-likeness (QED) is 0.504. The van der Waals surface area contributed by atoms with Crippen molar-refractivity contribution in [3.05, 3.63) is 0 Å². The van der Waals surface area contributed by atoms with Gasteiger partial charge in [0, 0.05) is 0 Å². The first-order valence-corrected chi connectivity index (χ1v) is 10.00. The smallest absolute Gasteiger partial charge is 0.323 e. The summed E-state index contributed by atoms with van der Waals surface area (Å²) in [4.78, 5) is 24.3. The number of esters is 2. The third kappa shape index (κ3) is 4.98. The van der Waals surface area contributed by atoms with Gasteiger partial charge in [-0.25, -0.2) is 0 Å². The van der Waals surface area contributed by atoms with Gasteiger partial charge in [0.15, 0.2) is 5.41 Å². The molecule has 0 aromatic rings. The molecule has 4 nitrogen and oxygen atoms in total. The van der Waals surface area contributed by atoms with Crippen molar-refractivity contribution in [2.75, 3.05) is 14.2 Å². The lowest BCUT2D eigenvalue weighted by molar-refractivity contribution is -0.172. The molecule has 0 amide bonds. The lowest BCUT2D eigenvalue weighted by atomic mass is 9.68. The van der Waals surface area contributed by atoms with Gasteiger partial charge in [0.2, 0.25) is 0 Å². The maximum Gasteiger partial charge on any atom is 0.323 e. The number of hydrogen-bond donors (Lipinski definition) is 0. The highest BCUT2D eigenvalue weighted by molar-refractivity contribution is 6.00. The maximum atomic E-state index is 12.1. The van der Waals surface area contributed by atoms with E-state index in [-0.39, 0.29) is 0 Å². The van der Waals surface area contributed by atoms with E-state index in [0.717, 1.165) is 18.8 Å². The fourth-order valence-corrected chi connectivity index (χ4v) is 4.78. The summed E-state index contributed by atoms with van der Waals surface area (Å²) in [6.07, 6.45) is 12.3. The molecule has 4 heteroatoms. The molecule has 0 aromatic heterocycles. The first kappa shape index (κ1) is 20.3. The summed E-state index contributed by atoms with van der Waals surface area (Å²) in [5.41, 5.74) is -0.514. The molecule has 0 saturated heterocycles. The number of rotatable bonds is 6. The summed E-state index contributed by atoms with van der Waals surface area (Å²) >= 11 is 0. The number of methoxy groups -OCH3 is 2. The molecule has 0 bridgehead atoms. The first-order valence-electron chi connectivity index (χ1n) is 10.00. The molecule has 0 N–H and O–H groups in total. The van der Waals surface area contributed by atoms with Crippen LogP contribution in [0.25, 0.3) is 0 Å². The van der Waals surface area contributed by atoms with Crippen LogP contribution in [0, 0.1) is 22.7 Å². The SMILES string of the molecule is COC(=O)C1(C(=O)OC)CCC(CCCC2CCC(C)(C)CC2)CC1. The molecule has 2 rings (SSSR count). The summed E-state index contributed by atoms with van der Waals surface area (Å²) in [6, 6.07) is 0. The molecule has 0 aromatic carbocycles. The van der Waals surface area contributed by atoms with Crippen LogP contribution < -0.4 is 0 Å². The highest BCUT2D eigenvalue weighted by atomic mass is 16.5. The van der Waals surface area contributed by atoms with Gasteiger partial charge in [-0.1, -0.05) is 33.1 Å². The van der Waals surface area contributed by atoms with Crippen molar-refractivity contribution in [1.82, 2.24) is 0 Å². The molecule has 2 fully saturated rings. The third-order valence-corrected chi connectivity index (χ3v) is 6.79. The molecule has 0 atom stereocenters. The van der Waals surface area contributed by atoms with E-state index in [1.807, 2.05) is 0 Å². The predicted octanol–water partition coefficient (Wildman–Crippen LogP) is 4.90. The highest BCUT2D eigenvalue weighted by Crippen LogP contribution is 2.43. The monoisotopic (exact) mass is 352 g/mol. The van der Waals surface area contributed by atoms with Crippen molar-refractivity contribution in [1.29, 1.82) is 0 Å². The van der Waals surface area contributed by atoms with Crippen molar-refractivity contribution < 1.29 is 19.1 Å². The second-order valence-electron chi connectivity index (χ2n) is 9.05. The van der Waals surface area contributed by atoms with Gasteiger partial charge >= 0.3 is 11.9 Å². The minimum atomic E-state index is -1.06. The summed E-state index contributed by atoms with van der Waals surface area (Å²) < 4.78 is 9.78. The van der Waals surface area contributed by atoms with Crippen LogP contribution in [0.4, 0.5) is 0 Å². The molecule has 2 aliphatic rings. The third-order valence-electron chi connectivity index (χ3n) is 6.79. The number of hydrogen-bond acceptors (Lipinski definition) is 4. The lowest BCUT2D eigenvalue weighted by Gasteiger charge is -2.36. The largest absolute Gasteiger partial charge is 0.468 e. The topological polar surface area (TPSA) is 52.6 Å². The van der Waals surface area contributed by atoms with E-state index in [2.05, 4.69) is 13.8 Å². The zero-order valence-corrected chi connectivity index (χ0v) is 16.6. The van der Waals surface area contributed by atoms with Gasteiger partial charge in [-0.15, -0.1) is 0 Å². The molecule has 2 saturated carbocycles. The Hall–Kier alpha value is -1.06. The predicted molar refractivity (Wildman–Crippen MR) is 98.0 cm³/mol. The van der Waals surface area contributed by atoms with E-state index in [1.54, 1.807) is 0 Å². The Kier molecular flexibility index (Phi) is 6.93. The van der Waals surface area contributed by atoms with Crippen molar-refractivity contribution in [3.8, 4) is 0 Å². The van der Waals surface area contributed by atoms with E-state index < -0.39 is 17.4 Å². The van der Waals surface area contributed by atoms with E-state index in [0.29, 0.717) is 24.2 Å². The first-order chi connectivity index (χ1) is 11.8. The average Bonchev–Trinajstić information content (AvgIpc) is 2.62. The van der Waals surface area contributed by atoms with Crippen LogP contribution in [0.5, 0.6) is 0 Å². The maximum absolute atomic E-state index is 12.1. The second-order valence-corrected chi connectivity index (χ2v) is 9.05. The van der Waals surface area contributed by atoms with Crippen molar-refractivity contribution in [3.63, 3.8) is 0 Å². The summed E-state index contributed by atoms with van der Waals surface area (Å²) in [7, 11) is 2.70. The van der Waals surface area contributed by atoms with Gasteiger partial charge in [-0.3, -0.25) is 9.59 Å². The van der Waals surface area contributed by atoms with Crippen LogP contribution in [0.2, 0.25) is 0 Å². The van der Waals surface area contributed by atoms with E-state index in [1.165, 1.54) is 59.2 Å². The Morgan fingerprint density at radius 3 is 1.60 bits per heavy atom. The number of carbonyl (C=O) groups is 2. The molecule has 0 spiro atoms. The van der Waals surface area contributed by atoms with Gasteiger partial charge in [-0.05, 0) is 68.6 Å². The molecule has 0 unspecified atom stereocenters. The molecule has 2 aliphatic carbocycles. The van der Waals surface area contributed by atoms with Crippen LogP contribution in [-0.4, -0.2) is 26.2 Å². The van der Waals surface area contributed by atoms with Gasteiger partial charge in [-0.2, -0.15) is 0 Å². The molecule has 0 aliphatic heterocycles. The lowest BCUT2D eigenvalue weighted by Crippen LogP contribution is -2.44. The minimum absolute atomic E-state index is 0.428. The van der Waals surface area contributed by atoms with E-state index in [4.69, 9.17) is 9.47 Å². The minimum Gasteiger partial charge on any atom is -0.468 e. The summed E-state index contributed by atoms with van der Waals surface area (Å²) in [5, 5.41) is 0. The summed E-state index contributed by atoms with van der Waals surface area (Å²) in [5.74, 6) is 0.675. The molecular formula is C21H36O4. The molecule has 144 valence electrons. The average molecular weight is 353 g/mol. The van der Waals surface area contributed by atoms with Crippen molar-refractivity contribution in [2.24, 2.45) is 22.7 Å². The van der Waals surface area contributed by atoms with Crippen molar-refractivity contribution in [2.45, 2.75) is 84.5 Å². The molecule has 25 heavy (non-hydrogen) atoms. The fraction of sp³-hybridized carbons (Fsp3) is 0.905. The molecular weight excluding hydrogens is 316 g/mol. The Morgan fingerprint density at radius 1 is 0.800 bits per heavy atom. The Morgan fingerprint density at radius 2 is 1.20 bits per heavy atom. The van der Waals surface area contributed by atoms with Crippen LogP contribution in [-0.2, 0) is 19.1 Å². The van der Waals surface area contributed by atoms with Crippen LogP contribution in [0.15, 0.2) is 0 Å². The molecule has 0 heterocycles.